The fourth-order valence-corrected chi connectivity index (χ4v) is 4.45. The fraction of sp³-hybridized carbons (Fsp3) is 0.222. The van der Waals surface area contributed by atoms with Gasteiger partial charge in [0.1, 0.15) is 5.69 Å². The van der Waals surface area contributed by atoms with Gasteiger partial charge in [-0.3, -0.25) is 19.8 Å². The third-order valence-corrected chi connectivity index (χ3v) is 6.50. The molecule has 9 heteroatoms. The third kappa shape index (κ3) is 4.73. The average molecular weight is 484 g/mol. The van der Waals surface area contributed by atoms with Gasteiger partial charge in [-0.25, -0.2) is 0 Å². The van der Waals surface area contributed by atoms with Crippen molar-refractivity contribution in [2.24, 2.45) is 0 Å². The SMILES string of the molecule is C[C@@H](c1nc(-c2ccccc2)no1)N1CCN(c2ccc(C(=O)c3ccccc3)cc2[N+](=O)[O-])CC1. The maximum atomic E-state index is 12.8. The second-order valence-corrected chi connectivity index (χ2v) is 8.68. The van der Waals surface area contributed by atoms with E-state index >= 15 is 0 Å². The number of nitro groups is 1. The summed E-state index contributed by atoms with van der Waals surface area (Å²) < 4.78 is 5.53. The average Bonchev–Trinajstić information content (AvgIpc) is 3.43. The van der Waals surface area contributed by atoms with Crippen molar-refractivity contribution in [3.63, 3.8) is 0 Å². The monoisotopic (exact) mass is 483 g/mol. The van der Waals surface area contributed by atoms with E-state index in [1.165, 1.54) is 6.07 Å². The summed E-state index contributed by atoms with van der Waals surface area (Å²) in [4.78, 5) is 33.0. The molecule has 1 fully saturated rings. The van der Waals surface area contributed by atoms with Gasteiger partial charge in [0.25, 0.3) is 5.69 Å². The van der Waals surface area contributed by atoms with Gasteiger partial charge in [-0.2, -0.15) is 4.98 Å². The first-order chi connectivity index (χ1) is 17.5. The minimum absolute atomic E-state index is 0.0670. The van der Waals surface area contributed by atoms with E-state index in [2.05, 4.69) is 15.0 Å². The van der Waals surface area contributed by atoms with Crippen molar-refractivity contribution in [3.8, 4) is 11.4 Å². The van der Waals surface area contributed by atoms with Crippen LogP contribution in [0.3, 0.4) is 0 Å². The smallest absolute Gasteiger partial charge is 0.293 e. The first-order valence-corrected chi connectivity index (χ1v) is 11.8. The van der Waals surface area contributed by atoms with Crippen LogP contribution in [0.1, 0.15) is 34.8 Å². The molecule has 0 unspecified atom stereocenters. The molecular weight excluding hydrogens is 458 g/mol. The zero-order valence-electron chi connectivity index (χ0n) is 19.8. The molecule has 0 radical (unpaired) electrons. The number of nitro benzene ring substituents is 1. The van der Waals surface area contributed by atoms with E-state index in [0.717, 1.165) is 5.56 Å². The van der Waals surface area contributed by atoms with Gasteiger partial charge in [-0.1, -0.05) is 65.8 Å². The summed E-state index contributed by atoms with van der Waals surface area (Å²) in [5.41, 5.74) is 2.14. The summed E-state index contributed by atoms with van der Waals surface area (Å²) in [6.45, 7) is 4.55. The molecule has 1 aromatic heterocycles. The number of piperazine rings is 1. The molecule has 1 saturated heterocycles. The van der Waals surface area contributed by atoms with Gasteiger partial charge in [-0.15, -0.1) is 0 Å². The van der Waals surface area contributed by atoms with E-state index in [9.17, 15) is 14.9 Å². The number of benzene rings is 3. The number of aromatic nitrogens is 2. The molecule has 5 rings (SSSR count). The highest BCUT2D eigenvalue weighted by molar-refractivity contribution is 6.09. The maximum absolute atomic E-state index is 12.8. The standard InChI is InChI=1S/C27H25N5O4/c1-19(27-28-26(29-36-27)21-10-6-3-7-11-21)30-14-16-31(17-15-30)23-13-12-22(18-24(23)32(34)35)25(33)20-8-4-2-5-9-20/h2-13,18-19H,14-17H2,1H3/t19-/m0/s1. The summed E-state index contributed by atoms with van der Waals surface area (Å²) in [5, 5.41) is 16.0. The molecule has 0 N–H and O–H groups in total. The number of ketones is 1. The Labute approximate surface area is 208 Å². The predicted molar refractivity (Wildman–Crippen MR) is 135 cm³/mol. The predicted octanol–water partition coefficient (Wildman–Crippen LogP) is 4.76. The van der Waals surface area contributed by atoms with Crippen molar-refractivity contribution in [1.82, 2.24) is 15.0 Å². The Kier molecular flexibility index (Phi) is 6.55. The summed E-state index contributed by atoms with van der Waals surface area (Å²) in [6.07, 6.45) is 0. The lowest BCUT2D eigenvalue weighted by molar-refractivity contribution is -0.384. The van der Waals surface area contributed by atoms with Crippen LogP contribution in [0.15, 0.2) is 83.4 Å². The quantitative estimate of drug-likeness (QED) is 0.210. The molecule has 3 aromatic carbocycles. The van der Waals surface area contributed by atoms with Gasteiger partial charge in [-0.05, 0) is 19.1 Å². The van der Waals surface area contributed by atoms with Crippen LogP contribution in [0, 0.1) is 10.1 Å². The number of carbonyl (C=O) groups is 1. The van der Waals surface area contributed by atoms with E-state index in [0.29, 0.717) is 54.7 Å². The lowest BCUT2D eigenvalue weighted by Crippen LogP contribution is -2.47. The van der Waals surface area contributed by atoms with Crippen LogP contribution < -0.4 is 4.90 Å². The Morgan fingerprint density at radius 2 is 1.61 bits per heavy atom. The lowest BCUT2D eigenvalue weighted by atomic mass is 10.0. The maximum Gasteiger partial charge on any atom is 0.293 e. The molecule has 1 atom stereocenters. The van der Waals surface area contributed by atoms with E-state index in [1.807, 2.05) is 48.2 Å². The summed E-state index contributed by atoms with van der Waals surface area (Å²) >= 11 is 0. The molecule has 2 heterocycles. The molecule has 0 spiro atoms. The zero-order chi connectivity index (χ0) is 25.1. The Morgan fingerprint density at radius 3 is 2.28 bits per heavy atom. The van der Waals surface area contributed by atoms with Crippen molar-refractivity contribution in [2.75, 3.05) is 31.1 Å². The van der Waals surface area contributed by atoms with Crippen LogP contribution in [0.25, 0.3) is 11.4 Å². The molecular formula is C27H25N5O4. The molecule has 0 saturated carbocycles. The van der Waals surface area contributed by atoms with Crippen molar-refractivity contribution < 1.29 is 14.2 Å². The van der Waals surface area contributed by atoms with Crippen molar-refractivity contribution in [1.29, 1.82) is 0 Å². The topological polar surface area (TPSA) is 106 Å². The molecule has 0 bridgehead atoms. The Balaban J connectivity index is 1.28. The van der Waals surface area contributed by atoms with E-state index in [-0.39, 0.29) is 17.5 Å². The lowest BCUT2D eigenvalue weighted by Gasteiger charge is -2.37. The highest BCUT2D eigenvalue weighted by Crippen LogP contribution is 2.32. The van der Waals surface area contributed by atoms with Gasteiger partial charge in [0.05, 0.1) is 11.0 Å². The zero-order valence-corrected chi connectivity index (χ0v) is 19.8. The van der Waals surface area contributed by atoms with Gasteiger partial charge in [0, 0.05) is 48.9 Å². The summed E-state index contributed by atoms with van der Waals surface area (Å²) in [5.74, 6) is 0.854. The molecule has 0 aliphatic carbocycles. The number of rotatable bonds is 7. The fourth-order valence-electron chi connectivity index (χ4n) is 4.45. The van der Waals surface area contributed by atoms with E-state index < -0.39 is 4.92 Å². The molecule has 36 heavy (non-hydrogen) atoms. The minimum atomic E-state index is -0.421. The number of nitrogens with zero attached hydrogens (tertiary/aromatic N) is 5. The van der Waals surface area contributed by atoms with Crippen LogP contribution in [-0.2, 0) is 0 Å². The first-order valence-electron chi connectivity index (χ1n) is 11.8. The van der Waals surface area contributed by atoms with Crippen LogP contribution >= 0.6 is 0 Å². The number of hydrogen-bond acceptors (Lipinski definition) is 8. The number of hydrogen-bond donors (Lipinski definition) is 0. The Morgan fingerprint density at radius 1 is 0.944 bits per heavy atom. The van der Waals surface area contributed by atoms with Crippen molar-refractivity contribution in [3.05, 3.63) is 106 Å². The summed E-state index contributed by atoms with van der Waals surface area (Å²) in [6, 6.07) is 23.1. The van der Waals surface area contributed by atoms with Crippen molar-refractivity contribution >= 4 is 17.2 Å². The van der Waals surface area contributed by atoms with Crippen LogP contribution in [0.2, 0.25) is 0 Å². The van der Waals surface area contributed by atoms with Gasteiger partial charge < -0.3 is 9.42 Å². The number of carbonyl (C=O) groups excluding carboxylic acids is 1. The molecule has 9 nitrogen and oxygen atoms in total. The van der Waals surface area contributed by atoms with Gasteiger partial charge >= 0.3 is 0 Å². The highest BCUT2D eigenvalue weighted by Gasteiger charge is 2.29. The van der Waals surface area contributed by atoms with Crippen molar-refractivity contribution in [2.45, 2.75) is 13.0 Å². The van der Waals surface area contributed by atoms with Crippen LogP contribution in [0.4, 0.5) is 11.4 Å². The molecule has 182 valence electrons. The van der Waals surface area contributed by atoms with E-state index in [4.69, 9.17) is 4.52 Å². The molecule has 1 aliphatic rings. The normalized spacial score (nSPS) is 15.0. The van der Waals surface area contributed by atoms with Gasteiger partial charge in [0.2, 0.25) is 11.7 Å². The summed E-state index contributed by atoms with van der Waals surface area (Å²) in [7, 11) is 0. The first kappa shape index (κ1) is 23.4. The van der Waals surface area contributed by atoms with Crippen LogP contribution in [0.5, 0.6) is 0 Å². The molecule has 1 aliphatic heterocycles. The second kappa shape index (κ2) is 10.1. The van der Waals surface area contributed by atoms with E-state index in [1.54, 1.807) is 36.4 Å². The third-order valence-electron chi connectivity index (χ3n) is 6.50. The number of anilines is 1. The Bertz CT molecular complexity index is 1370. The van der Waals surface area contributed by atoms with Gasteiger partial charge in [0.15, 0.2) is 5.78 Å². The largest absolute Gasteiger partial charge is 0.363 e. The molecule has 4 aromatic rings. The highest BCUT2D eigenvalue weighted by atomic mass is 16.6. The minimum Gasteiger partial charge on any atom is -0.363 e. The van der Waals surface area contributed by atoms with Crippen LogP contribution in [-0.4, -0.2) is 51.9 Å². The Hall–Kier alpha value is -4.37. The second-order valence-electron chi connectivity index (χ2n) is 8.68. The molecule has 0 amide bonds.